The molecule has 0 saturated carbocycles. The topological polar surface area (TPSA) is 104 Å². The van der Waals surface area contributed by atoms with Crippen LogP contribution < -0.4 is 5.48 Å². The molecule has 7 nitrogen and oxygen atoms in total. The van der Waals surface area contributed by atoms with Crippen molar-refractivity contribution in [3.63, 3.8) is 0 Å². The molecule has 1 atom stereocenters. The molecule has 1 aromatic heterocycles. The van der Waals surface area contributed by atoms with Crippen molar-refractivity contribution in [1.82, 2.24) is 15.4 Å². The summed E-state index contributed by atoms with van der Waals surface area (Å²) in [6.07, 6.45) is 3.14. The molecule has 14 heavy (non-hydrogen) atoms. The number of aromatic amines is 1. The Morgan fingerprint density at radius 3 is 3.14 bits per heavy atom. The number of hydroxylamine groups is 1. The number of carbonyl (C=O) groups is 2. The van der Waals surface area contributed by atoms with E-state index in [9.17, 15) is 9.59 Å². The Balaban J connectivity index is 2.51. The minimum Gasteiger partial charge on any atom is -0.480 e. The predicted molar refractivity (Wildman–Crippen MR) is 44.0 cm³/mol. The predicted octanol–water partition coefficient (Wildman–Crippen LogP) is -0.917. The van der Waals surface area contributed by atoms with Gasteiger partial charge in [-0.05, 0) is 0 Å². The quantitative estimate of drug-likeness (QED) is 0.404. The highest BCUT2D eigenvalue weighted by molar-refractivity contribution is 5.73. The summed E-state index contributed by atoms with van der Waals surface area (Å²) in [6, 6.07) is -0.997. The van der Waals surface area contributed by atoms with Crippen LogP contribution in [0.4, 0.5) is 0 Å². The molecular weight excluding hydrogens is 190 g/mol. The monoisotopic (exact) mass is 199 g/mol. The van der Waals surface area contributed by atoms with Gasteiger partial charge in [0.25, 0.3) is 0 Å². The van der Waals surface area contributed by atoms with Crippen LogP contribution >= 0.6 is 0 Å². The number of nitrogens with one attached hydrogen (secondary N) is 2. The molecule has 0 aliphatic carbocycles. The summed E-state index contributed by atoms with van der Waals surface area (Å²) in [5, 5.41) is 8.70. The minimum atomic E-state index is -1.12. The fourth-order valence-electron chi connectivity index (χ4n) is 0.901. The van der Waals surface area contributed by atoms with E-state index in [0.29, 0.717) is 5.69 Å². The lowest BCUT2D eigenvalue weighted by molar-refractivity contribution is -0.148. The number of hydrogen-bond donors (Lipinski definition) is 3. The number of carboxylic acid groups (broad SMARTS) is 1. The Labute approximate surface area is 79.1 Å². The summed E-state index contributed by atoms with van der Waals surface area (Å²) in [5.74, 6) is -1.12. The molecular formula is C7H9N3O4. The molecule has 1 rings (SSSR count). The lowest BCUT2D eigenvalue weighted by Crippen LogP contribution is -2.38. The van der Waals surface area contributed by atoms with Crippen LogP contribution in [0, 0.1) is 0 Å². The van der Waals surface area contributed by atoms with E-state index in [0.717, 1.165) is 0 Å². The lowest BCUT2D eigenvalue weighted by Gasteiger charge is -2.09. The molecule has 3 N–H and O–H groups in total. The number of carbonyl (C=O) groups excluding carboxylic acids is 1. The van der Waals surface area contributed by atoms with Gasteiger partial charge in [0, 0.05) is 12.6 Å². The fourth-order valence-corrected chi connectivity index (χ4v) is 0.901. The van der Waals surface area contributed by atoms with Gasteiger partial charge in [0.05, 0.1) is 12.0 Å². The van der Waals surface area contributed by atoms with E-state index in [-0.39, 0.29) is 12.9 Å². The van der Waals surface area contributed by atoms with Crippen molar-refractivity contribution in [1.29, 1.82) is 0 Å². The molecule has 0 bridgehead atoms. The van der Waals surface area contributed by atoms with Crippen LogP contribution in [-0.2, 0) is 20.8 Å². The van der Waals surface area contributed by atoms with Gasteiger partial charge < -0.3 is 14.9 Å². The van der Waals surface area contributed by atoms with E-state index in [1.54, 1.807) is 6.20 Å². The van der Waals surface area contributed by atoms with E-state index < -0.39 is 12.0 Å². The highest BCUT2D eigenvalue weighted by Crippen LogP contribution is 1.98. The van der Waals surface area contributed by atoms with Gasteiger partial charge in [-0.1, -0.05) is 0 Å². The third-order valence-electron chi connectivity index (χ3n) is 1.52. The first kappa shape index (κ1) is 10.2. The second kappa shape index (κ2) is 4.97. The maximum Gasteiger partial charge on any atom is 0.324 e. The van der Waals surface area contributed by atoms with Crippen molar-refractivity contribution < 1.29 is 19.5 Å². The highest BCUT2D eigenvalue weighted by Gasteiger charge is 2.19. The molecule has 76 valence electrons. The van der Waals surface area contributed by atoms with Crippen molar-refractivity contribution in [3.8, 4) is 0 Å². The Hall–Kier alpha value is -1.89. The zero-order valence-electron chi connectivity index (χ0n) is 7.14. The first-order chi connectivity index (χ1) is 6.74. The van der Waals surface area contributed by atoms with E-state index in [1.165, 1.54) is 6.33 Å². The minimum absolute atomic E-state index is 0.125. The fraction of sp³-hybridized carbons (Fsp3) is 0.286. The summed E-state index contributed by atoms with van der Waals surface area (Å²) in [4.78, 5) is 31.2. The van der Waals surface area contributed by atoms with Crippen LogP contribution in [0.5, 0.6) is 0 Å². The van der Waals surface area contributed by atoms with E-state index in [1.807, 2.05) is 0 Å². The number of aromatic nitrogens is 2. The van der Waals surface area contributed by atoms with Gasteiger partial charge in [-0.3, -0.25) is 9.59 Å². The van der Waals surface area contributed by atoms with Crippen molar-refractivity contribution in [2.75, 3.05) is 0 Å². The summed E-state index contributed by atoms with van der Waals surface area (Å²) in [5.41, 5.74) is 2.65. The lowest BCUT2D eigenvalue weighted by atomic mass is 10.2. The number of nitrogens with zero attached hydrogens (tertiary/aromatic N) is 1. The Bertz CT molecular complexity index is 298. The number of H-pyrrole nitrogens is 1. The molecule has 1 heterocycles. The average molecular weight is 199 g/mol. The van der Waals surface area contributed by atoms with E-state index in [4.69, 9.17) is 5.11 Å². The van der Waals surface area contributed by atoms with Crippen LogP contribution in [0.25, 0.3) is 0 Å². The molecule has 0 unspecified atom stereocenters. The Kier molecular flexibility index (Phi) is 3.62. The molecule has 7 heteroatoms. The molecule has 0 fully saturated rings. The standard InChI is InChI=1S/C7H9N3O4/c11-4-14-10-6(7(12)13)1-5-2-8-3-9-5/h2-4,6,10H,1H2,(H,8,9)(H,12,13)/t6-/m0/s1. The van der Waals surface area contributed by atoms with Gasteiger partial charge in [-0.25, -0.2) is 4.98 Å². The highest BCUT2D eigenvalue weighted by atomic mass is 16.7. The average Bonchev–Trinajstić information content (AvgIpc) is 2.64. The number of aliphatic carboxylic acids is 1. The molecule has 0 aliphatic rings. The summed E-state index contributed by atoms with van der Waals surface area (Å²) in [6.45, 7) is 0.125. The summed E-state index contributed by atoms with van der Waals surface area (Å²) >= 11 is 0. The van der Waals surface area contributed by atoms with Gasteiger partial charge in [0.1, 0.15) is 6.04 Å². The van der Waals surface area contributed by atoms with E-state index in [2.05, 4.69) is 20.3 Å². The third kappa shape index (κ3) is 2.87. The smallest absolute Gasteiger partial charge is 0.324 e. The second-order valence-electron chi connectivity index (χ2n) is 2.49. The first-order valence-electron chi connectivity index (χ1n) is 3.79. The van der Waals surface area contributed by atoms with Gasteiger partial charge in [-0.2, -0.15) is 0 Å². The molecule has 0 radical (unpaired) electrons. The second-order valence-corrected chi connectivity index (χ2v) is 2.49. The molecule has 0 saturated heterocycles. The number of hydrogen-bond acceptors (Lipinski definition) is 5. The zero-order chi connectivity index (χ0) is 10.4. The van der Waals surface area contributed by atoms with Crippen LogP contribution in [0.1, 0.15) is 5.69 Å². The van der Waals surface area contributed by atoms with Gasteiger partial charge in [0.15, 0.2) is 0 Å². The maximum atomic E-state index is 10.6. The van der Waals surface area contributed by atoms with E-state index >= 15 is 0 Å². The molecule has 1 aromatic rings. The summed E-state index contributed by atoms with van der Waals surface area (Å²) in [7, 11) is 0. The van der Waals surface area contributed by atoms with Crippen LogP contribution in [-0.4, -0.2) is 33.6 Å². The van der Waals surface area contributed by atoms with Crippen molar-refractivity contribution in [2.45, 2.75) is 12.5 Å². The molecule has 0 spiro atoms. The normalized spacial score (nSPS) is 12.0. The zero-order valence-corrected chi connectivity index (χ0v) is 7.14. The largest absolute Gasteiger partial charge is 0.480 e. The Morgan fingerprint density at radius 2 is 2.64 bits per heavy atom. The number of imidazole rings is 1. The van der Waals surface area contributed by atoms with Crippen LogP contribution in [0.15, 0.2) is 12.5 Å². The van der Waals surface area contributed by atoms with Crippen molar-refractivity contribution >= 4 is 12.4 Å². The van der Waals surface area contributed by atoms with Gasteiger partial charge in [0.2, 0.25) is 0 Å². The van der Waals surface area contributed by atoms with Crippen LogP contribution in [0.2, 0.25) is 0 Å². The molecule has 0 aliphatic heterocycles. The van der Waals surface area contributed by atoms with Crippen molar-refractivity contribution in [3.05, 3.63) is 18.2 Å². The number of carboxylic acids is 1. The maximum absolute atomic E-state index is 10.6. The van der Waals surface area contributed by atoms with Crippen molar-refractivity contribution in [2.24, 2.45) is 0 Å². The SMILES string of the molecule is O=CON[C@@H](Cc1c[nH]cn1)C(=O)O. The number of rotatable bonds is 6. The van der Waals surface area contributed by atoms with Gasteiger partial charge in [-0.15, -0.1) is 5.48 Å². The first-order valence-corrected chi connectivity index (χ1v) is 3.79. The molecule has 0 amide bonds. The summed E-state index contributed by atoms with van der Waals surface area (Å²) < 4.78 is 0. The van der Waals surface area contributed by atoms with Gasteiger partial charge >= 0.3 is 12.4 Å². The molecule has 0 aromatic carbocycles. The van der Waals surface area contributed by atoms with Crippen LogP contribution in [0.3, 0.4) is 0 Å². The Morgan fingerprint density at radius 1 is 1.86 bits per heavy atom. The third-order valence-corrected chi connectivity index (χ3v) is 1.52.